The highest BCUT2D eigenvalue weighted by Gasteiger charge is 2.42. The van der Waals surface area contributed by atoms with E-state index in [1.54, 1.807) is 11.8 Å². The van der Waals surface area contributed by atoms with Crippen LogP contribution in [0.1, 0.15) is 57.8 Å². The van der Waals surface area contributed by atoms with E-state index >= 15 is 0 Å². The molecule has 15 heavy (non-hydrogen) atoms. The summed E-state index contributed by atoms with van der Waals surface area (Å²) >= 11 is 1.78. The zero-order valence-corrected chi connectivity index (χ0v) is 10.0. The molecule has 0 spiro atoms. The average molecular weight is 228 g/mol. The first-order chi connectivity index (χ1) is 7.23. The molecule has 2 fully saturated rings. The molecule has 2 rings (SSSR count). The van der Waals surface area contributed by atoms with Crippen LogP contribution in [-0.2, 0) is 4.79 Å². The van der Waals surface area contributed by atoms with Gasteiger partial charge in [0.15, 0.2) is 0 Å². The van der Waals surface area contributed by atoms with Crippen LogP contribution in [0.25, 0.3) is 0 Å². The summed E-state index contributed by atoms with van der Waals surface area (Å²) in [6.45, 7) is 0. The SMILES string of the molecule is O=C(O)C1(SC2CCCC2)CCCCC1. The lowest BCUT2D eigenvalue weighted by molar-refractivity contribution is -0.140. The van der Waals surface area contributed by atoms with E-state index in [2.05, 4.69) is 0 Å². The number of hydrogen-bond donors (Lipinski definition) is 1. The van der Waals surface area contributed by atoms with Gasteiger partial charge in [0.05, 0.1) is 0 Å². The first-order valence-electron chi connectivity index (χ1n) is 6.14. The molecular weight excluding hydrogens is 208 g/mol. The Balaban J connectivity index is 2.00. The molecule has 0 saturated heterocycles. The summed E-state index contributed by atoms with van der Waals surface area (Å²) < 4.78 is -0.423. The number of hydrogen-bond acceptors (Lipinski definition) is 2. The topological polar surface area (TPSA) is 37.3 Å². The van der Waals surface area contributed by atoms with Crippen molar-refractivity contribution in [2.24, 2.45) is 0 Å². The lowest BCUT2D eigenvalue weighted by atomic mass is 9.88. The minimum absolute atomic E-state index is 0.423. The molecule has 0 amide bonds. The number of carboxylic acid groups (broad SMARTS) is 1. The van der Waals surface area contributed by atoms with Gasteiger partial charge in [-0.05, 0) is 25.7 Å². The summed E-state index contributed by atoms with van der Waals surface area (Å²) in [6, 6.07) is 0. The molecule has 86 valence electrons. The van der Waals surface area contributed by atoms with Crippen LogP contribution in [0.4, 0.5) is 0 Å². The minimum Gasteiger partial charge on any atom is -0.480 e. The van der Waals surface area contributed by atoms with Gasteiger partial charge in [-0.3, -0.25) is 4.79 Å². The smallest absolute Gasteiger partial charge is 0.319 e. The Morgan fingerprint density at radius 1 is 1.07 bits per heavy atom. The fourth-order valence-corrected chi connectivity index (χ4v) is 4.66. The molecule has 0 aromatic carbocycles. The highest BCUT2D eigenvalue weighted by molar-refractivity contribution is 8.02. The molecule has 0 aromatic heterocycles. The van der Waals surface area contributed by atoms with Crippen LogP contribution in [0.15, 0.2) is 0 Å². The molecule has 0 aliphatic heterocycles. The van der Waals surface area contributed by atoms with Gasteiger partial charge in [0.25, 0.3) is 0 Å². The lowest BCUT2D eigenvalue weighted by Gasteiger charge is -2.34. The number of carbonyl (C=O) groups is 1. The fraction of sp³-hybridized carbons (Fsp3) is 0.917. The molecule has 0 heterocycles. The average Bonchev–Trinajstić information content (AvgIpc) is 2.71. The fourth-order valence-electron chi connectivity index (χ4n) is 2.83. The first kappa shape index (κ1) is 11.3. The van der Waals surface area contributed by atoms with Gasteiger partial charge in [-0.25, -0.2) is 0 Å². The predicted octanol–water partition coefficient (Wildman–Crippen LogP) is 3.45. The van der Waals surface area contributed by atoms with Crippen molar-refractivity contribution in [3.63, 3.8) is 0 Å². The Morgan fingerprint density at radius 3 is 2.20 bits per heavy atom. The number of thioether (sulfide) groups is 1. The second kappa shape index (κ2) is 4.77. The van der Waals surface area contributed by atoms with Gasteiger partial charge in [0.2, 0.25) is 0 Å². The highest BCUT2D eigenvalue weighted by Crippen LogP contribution is 2.46. The maximum absolute atomic E-state index is 11.4. The van der Waals surface area contributed by atoms with E-state index in [9.17, 15) is 9.90 Å². The summed E-state index contributed by atoms with van der Waals surface area (Å²) in [5, 5.41) is 10.1. The van der Waals surface area contributed by atoms with Crippen LogP contribution in [-0.4, -0.2) is 21.1 Å². The molecule has 0 unspecified atom stereocenters. The van der Waals surface area contributed by atoms with Crippen molar-refractivity contribution in [3.8, 4) is 0 Å². The Kier molecular flexibility index (Phi) is 3.60. The maximum Gasteiger partial charge on any atom is 0.319 e. The molecule has 0 radical (unpaired) electrons. The Labute approximate surface area is 95.8 Å². The predicted molar refractivity (Wildman–Crippen MR) is 63.3 cm³/mol. The third-order valence-electron chi connectivity index (χ3n) is 3.75. The van der Waals surface area contributed by atoms with Crippen molar-refractivity contribution >= 4 is 17.7 Å². The normalized spacial score (nSPS) is 26.7. The second-order valence-electron chi connectivity index (χ2n) is 4.88. The minimum atomic E-state index is -0.556. The lowest BCUT2D eigenvalue weighted by Crippen LogP contribution is -2.38. The molecule has 0 bridgehead atoms. The molecule has 2 aliphatic carbocycles. The second-order valence-corrected chi connectivity index (χ2v) is 6.57. The van der Waals surface area contributed by atoms with Crippen LogP contribution in [0.2, 0.25) is 0 Å². The Hall–Kier alpha value is -0.180. The summed E-state index contributed by atoms with van der Waals surface area (Å²) in [5.41, 5.74) is 0. The van der Waals surface area contributed by atoms with Gasteiger partial charge >= 0.3 is 5.97 Å². The van der Waals surface area contributed by atoms with Crippen molar-refractivity contribution in [2.75, 3.05) is 0 Å². The van der Waals surface area contributed by atoms with E-state index in [1.807, 2.05) is 0 Å². The van der Waals surface area contributed by atoms with Gasteiger partial charge in [-0.2, -0.15) is 0 Å². The molecule has 0 atom stereocenters. The van der Waals surface area contributed by atoms with E-state index in [0.717, 1.165) is 25.7 Å². The zero-order valence-electron chi connectivity index (χ0n) is 9.21. The maximum atomic E-state index is 11.4. The molecule has 2 aliphatic rings. The van der Waals surface area contributed by atoms with Gasteiger partial charge < -0.3 is 5.11 Å². The van der Waals surface area contributed by atoms with Crippen LogP contribution in [0.3, 0.4) is 0 Å². The van der Waals surface area contributed by atoms with Crippen molar-refractivity contribution in [2.45, 2.75) is 67.8 Å². The summed E-state index contributed by atoms with van der Waals surface area (Å²) in [6.07, 6.45) is 10.3. The van der Waals surface area contributed by atoms with Gasteiger partial charge in [0, 0.05) is 5.25 Å². The van der Waals surface area contributed by atoms with E-state index in [0.29, 0.717) is 5.25 Å². The van der Waals surface area contributed by atoms with E-state index in [1.165, 1.54) is 32.1 Å². The van der Waals surface area contributed by atoms with Gasteiger partial charge in [-0.15, -0.1) is 11.8 Å². The Bertz CT molecular complexity index is 228. The molecule has 3 heteroatoms. The van der Waals surface area contributed by atoms with Crippen LogP contribution < -0.4 is 0 Å². The summed E-state index contributed by atoms with van der Waals surface area (Å²) in [7, 11) is 0. The van der Waals surface area contributed by atoms with Crippen LogP contribution in [0, 0.1) is 0 Å². The molecule has 0 aromatic rings. The molecule has 2 saturated carbocycles. The molecule has 2 nitrogen and oxygen atoms in total. The van der Waals surface area contributed by atoms with E-state index < -0.39 is 10.7 Å². The number of aliphatic carboxylic acids is 1. The number of rotatable bonds is 3. The van der Waals surface area contributed by atoms with Crippen molar-refractivity contribution in [1.29, 1.82) is 0 Å². The Morgan fingerprint density at radius 2 is 1.67 bits per heavy atom. The van der Waals surface area contributed by atoms with Crippen LogP contribution >= 0.6 is 11.8 Å². The monoisotopic (exact) mass is 228 g/mol. The van der Waals surface area contributed by atoms with Crippen molar-refractivity contribution in [1.82, 2.24) is 0 Å². The number of carboxylic acids is 1. The standard InChI is InChI=1S/C12H20O2S/c13-11(14)12(8-4-1-5-9-12)15-10-6-2-3-7-10/h10H,1-9H2,(H,13,14). The zero-order chi connectivity index (χ0) is 10.7. The third-order valence-corrected chi connectivity index (χ3v) is 5.58. The van der Waals surface area contributed by atoms with E-state index in [-0.39, 0.29) is 0 Å². The van der Waals surface area contributed by atoms with Gasteiger partial charge in [0.1, 0.15) is 4.75 Å². The third kappa shape index (κ3) is 2.49. The quantitative estimate of drug-likeness (QED) is 0.804. The van der Waals surface area contributed by atoms with Crippen LogP contribution in [0.5, 0.6) is 0 Å². The summed E-state index contributed by atoms with van der Waals surface area (Å²) in [5.74, 6) is -0.556. The van der Waals surface area contributed by atoms with E-state index in [4.69, 9.17) is 0 Å². The molecular formula is C12H20O2S. The van der Waals surface area contributed by atoms with Crippen molar-refractivity contribution < 1.29 is 9.90 Å². The van der Waals surface area contributed by atoms with Crippen molar-refractivity contribution in [3.05, 3.63) is 0 Å². The first-order valence-corrected chi connectivity index (χ1v) is 7.02. The molecule has 1 N–H and O–H groups in total. The van der Waals surface area contributed by atoms with Gasteiger partial charge in [-0.1, -0.05) is 32.1 Å². The highest BCUT2D eigenvalue weighted by atomic mass is 32.2. The largest absolute Gasteiger partial charge is 0.480 e. The summed E-state index contributed by atoms with van der Waals surface area (Å²) in [4.78, 5) is 11.4.